The Bertz CT molecular complexity index is 552. The minimum absolute atomic E-state index is 1.11. The number of aryl methyl sites for hydroxylation is 1. The van der Waals surface area contributed by atoms with Gasteiger partial charge in [0.15, 0.2) is 0 Å². The Hall–Kier alpha value is -1.96. The number of hydrogen-bond acceptors (Lipinski definition) is 2. The zero-order valence-electron chi connectivity index (χ0n) is 11.4. The zero-order chi connectivity index (χ0) is 13.1. The van der Waals surface area contributed by atoms with Crippen LogP contribution in [-0.2, 0) is 12.8 Å². The fraction of sp³-hybridized carbons (Fsp3) is 0.294. The second-order valence-electron chi connectivity index (χ2n) is 5.11. The molecule has 2 nitrogen and oxygen atoms in total. The second kappa shape index (κ2) is 5.35. The highest BCUT2D eigenvalue weighted by Gasteiger charge is 2.10. The number of hydrogen-bond donors (Lipinski definition) is 2. The summed E-state index contributed by atoms with van der Waals surface area (Å²) in [5.74, 6) is 0. The van der Waals surface area contributed by atoms with Gasteiger partial charge in [-0.1, -0.05) is 30.3 Å². The van der Waals surface area contributed by atoms with Crippen molar-refractivity contribution in [1.29, 1.82) is 0 Å². The number of fused-ring (bicyclic) bond motifs is 2. The molecule has 0 aromatic heterocycles. The van der Waals surface area contributed by atoms with Crippen molar-refractivity contribution in [3.8, 4) is 0 Å². The van der Waals surface area contributed by atoms with Gasteiger partial charge in [-0.05, 0) is 48.6 Å². The SMILES string of the molecule is Cc1cccc2c1CCN2.c1ccc2c(c1)CCN2. The molecule has 0 fully saturated rings. The third-order valence-electron chi connectivity index (χ3n) is 3.83. The van der Waals surface area contributed by atoms with Gasteiger partial charge in [-0.25, -0.2) is 0 Å². The molecule has 0 aliphatic carbocycles. The van der Waals surface area contributed by atoms with Crippen LogP contribution < -0.4 is 10.6 Å². The van der Waals surface area contributed by atoms with Crippen LogP contribution in [0.15, 0.2) is 42.5 Å². The van der Waals surface area contributed by atoms with Gasteiger partial charge in [0.05, 0.1) is 0 Å². The standard InChI is InChI=1S/C9H11N.C8H9N/c1-7-3-2-4-9-8(7)5-6-10-9;1-2-4-8-7(3-1)5-6-9-8/h2-4,10H,5-6H2,1H3;1-4,9H,5-6H2. The van der Waals surface area contributed by atoms with E-state index >= 15 is 0 Å². The van der Waals surface area contributed by atoms with Crippen LogP contribution in [0, 0.1) is 6.92 Å². The predicted molar refractivity (Wildman–Crippen MR) is 82.0 cm³/mol. The van der Waals surface area contributed by atoms with E-state index in [1.807, 2.05) is 0 Å². The molecular weight excluding hydrogens is 232 g/mol. The zero-order valence-corrected chi connectivity index (χ0v) is 11.4. The van der Waals surface area contributed by atoms with E-state index in [2.05, 4.69) is 60.0 Å². The van der Waals surface area contributed by atoms with Crippen LogP contribution in [0.1, 0.15) is 16.7 Å². The Morgan fingerprint density at radius 3 is 2.37 bits per heavy atom. The van der Waals surface area contributed by atoms with Gasteiger partial charge >= 0.3 is 0 Å². The van der Waals surface area contributed by atoms with Crippen LogP contribution in [-0.4, -0.2) is 13.1 Å². The summed E-state index contributed by atoms with van der Waals surface area (Å²) in [4.78, 5) is 0. The molecule has 0 saturated heterocycles. The molecule has 0 atom stereocenters. The number of rotatable bonds is 0. The van der Waals surface area contributed by atoms with Gasteiger partial charge in [0.25, 0.3) is 0 Å². The molecule has 2 heterocycles. The van der Waals surface area contributed by atoms with Crippen LogP contribution >= 0.6 is 0 Å². The first kappa shape index (κ1) is 12.1. The van der Waals surface area contributed by atoms with E-state index in [0.717, 1.165) is 13.1 Å². The van der Waals surface area contributed by atoms with E-state index < -0.39 is 0 Å². The molecule has 98 valence electrons. The Labute approximate surface area is 114 Å². The number of anilines is 2. The average molecular weight is 252 g/mol. The molecule has 2 heteroatoms. The van der Waals surface area contributed by atoms with Crippen LogP contribution in [0.25, 0.3) is 0 Å². The molecule has 0 spiro atoms. The summed E-state index contributed by atoms with van der Waals surface area (Å²) in [5, 5.41) is 6.64. The van der Waals surface area contributed by atoms with Crippen molar-refractivity contribution < 1.29 is 0 Å². The van der Waals surface area contributed by atoms with Gasteiger partial charge in [-0.3, -0.25) is 0 Å². The first-order chi connectivity index (χ1) is 9.34. The third kappa shape index (κ3) is 2.58. The van der Waals surface area contributed by atoms with Crippen molar-refractivity contribution in [3.05, 3.63) is 59.2 Å². The maximum Gasteiger partial charge on any atom is 0.0376 e. The summed E-state index contributed by atoms with van der Waals surface area (Å²) < 4.78 is 0. The third-order valence-corrected chi connectivity index (χ3v) is 3.83. The van der Waals surface area contributed by atoms with Crippen LogP contribution in [0.3, 0.4) is 0 Å². The molecule has 0 saturated carbocycles. The molecule has 0 radical (unpaired) electrons. The summed E-state index contributed by atoms with van der Waals surface area (Å²) in [5.41, 5.74) is 7.03. The Morgan fingerprint density at radius 2 is 1.53 bits per heavy atom. The monoisotopic (exact) mass is 252 g/mol. The maximum atomic E-state index is 3.34. The fourth-order valence-electron chi connectivity index (χ4n) is 2.76. The van der Waals surface area contributed by atoms with E-state index in [-0.39, 0.29) is 0 Å². The van der Waals surface area contributed by atoms with E-state index in [1.54, 1.807) is 0 Å². The largest absolute Gasteiger partial charge is 0.384 e. The summed E-state index contributed by atoms with van der Waals surface area (Å²) in [6.45, 7) is 4.39. The lowest BCUT2D eigenvalue weighted by Gasteiger charge is -2.00. The van der Waals surface area contributed by atoms with Crippen molar-refractivity contribution >= 4 is 11.4 Å². The van der Waals surface area contributed by atoms with E-state index in [0.29, 0.717) is 0 Å². The lowest BCUT2D eigenvalue weighted by molar-refractivity contribution is 1.09. The highest BCUT2D eigenvalue weighted by Crippen LogP contribution is 2.24. The highest BCUT2D eigenvalue weighted by atomic mass is 14.9. The van der Waals surface area contributed by atoms with Gasteiger partial charge in [-0.15, -0.1) is 0 Å². The predicted octanol–water partition coefficient (Wildman–Crippen LogP) is 3.62. The minimum atomic E-state index is 1.11. The first-order valence-corrected chi connectivity index (χ1v) is 6.99. The van der Waals surface area contributed by atoms with Gasteiger partial charge < -0.3 is 10.6 Å². The summed E-state index contributed by atoms with van der Waals surface area (Å²) in [6.07, 6.45) is 2.39. The number of para-hydroxylation sites is 1. The van der Waals surface area contributed by atoms with Crippen LogP contribution in [0.5, 0.6) is 0 Å². The molecule has 2 aromatic carbocycles. The molecule has 2 aromatic rings. The van der Waals surface area contributed by atoms with Crippen molar-refractivity contribution in [2.75, 3.05) is 23.7 Å². The van der Waals surface area contributed by atoms with E-state index in [1.165, 1.54) is 40.9 Å². The molecule has 0 unspecified atom stereocenters. The summed E-state index contributed by atoms with van der Waals surface area (Å²) in [7, 11) is 0. The molecule has 19 heavy (non-hydrogen) atoms. The molecule has 0 amide bonds. The molecule has 2 N–H and O–H groups in total. The van der Waals surface area contributed by atoms with Crippen LogP contribution in [0.4, 0.5) is 11.4 Å². The normalized spacial score (nSPS) is 14.6. The van der Waals surface area contributed by atoms with Gasteiger partial charge in [0, 0.05) is 24.5 Å². The van der Waals surface area contributed by atoms with Gasteiger partial charge in [0.2, 0.25) is 0 Å². The first-order valence-electron chi connectivity index (χ1n) is 6.99. The Morgan fingerprint density at radius 1 is 0.789 bits per heavy atom. The Balaban J connectivity index is 0.000000117. The van der Waals surface area contributed by atoms with Gasteiger partial charge in [0.1, 0.15) is 0 Å². The van der Waals surface area contributed by atoms with Crippen molar-refractivity contribution in [2.45, 2.75) is 19.8 Å². The summed E-state index contributed by atoms with van der Waals surface area (Å²) in [6, 6.07) is 14.9. The average Bonchev–Trinajstić information content (AvgIpc) is 3.08. The van der Waals surface area contributed by atoms with Crippen LogP contribution in [0.2, 0.25) is 0 Å². The van der Waals surface area contributed by atoms with Crippen molar-refractivity contribution in [2.24, 2.45) is 0 Å². The van der Waals surface area contributed by atoms with E-state index in [9.17, 15) is 0 Å². The smallest absolute Gasteiger partial charge is 0.0376 e. The Kier molecular flexibility index (Phi) is 3.41. The molecule has 0 bridgehead atoms. The minimum Gasteiger partial charge on any atom is -0.384 e. The summed E-state index contributed by atoms with van der Waals surface area (Å²) >= 11 is 0. The topological polar surface area (TPSA) is 24.1 Å². The fourth-order valence-corrected chi connectivity index (χ4v) is 2.76. The van der Waals surface area contributed by atoms with Crippen molar-refractivity contribution in [3.63, 3.8) is 0 Å². The van der Waals surface area contributed by atoms with E-state index in [4.69, 9.17) is 0 Å². The van der Waals surface area contributed by atoms with Crippen molar-refractivity contribution in [1.82, 2.24) is 0 Å². The number of benzene rings is 2. The maximum absolute atomic E-state index is 3.34. The lowest BCUT2D eigenvalue weighted by Crippen LogP contribution is -1.90. The van der Waals surface area contributed by atoms with Gasteiger partial charge in [-0.2, -0.15) is 0 Å². The number of nitrogens with one attached hydrogen (secondary N) is 2. The molecular formula is C17H20N2. The molecule has 2 aliphatic heterocycles. The second-order valence-corrected chi connectivity index (χ2v) is 5.11. The lowest BCUT2D eigenvalue weighted by atomic mass is 10.1. The molecule has 2 aliphatic rings. The highest BCUT2D eigenvalue weighted by molar-refractivity contribution is 5.58. The molecule has 4 rings (SSSR count). The quantitative estimate of drug-likeness (QED) is 0.748.